The zero-order valence-electron chi connectivity index (χ0n) is 12.6. The predicted molar refractivity (Wildman–Crippen MR) is 85.7 cm³/mol. The molecule has 2 aromatic rings. The molecule has 5 nitrogen and oxygen atoms in total. The van der Waals surface area contributed by atoms with Crippen LogP contribution in [0.15, 0.2) is 24.3 Å². The van der Waals surface area contributed by atoms with E-state index in [0.717, 1.165) is 36.3 Å². The van der Waals surface area contributed by atoms with Crippen LogP contribution in [0.1, 0.15) is 19.3 Å². The Morgan fingerprint density at radius 3 is 2.76 bits per heavy atom. The molecule has 0 bridgehead atoms. The van der Waals surface area contributed by atoms with E-state index in [9.17, 15) is 0 Å². The Hall–Kier alpha value is -1.88. The molecule has 0 saturated heterocycles. The van der Waals surface area contributed by atoms with Crippen LogP contribution in [0.5, 0.6) is 0 Å². The zero-order chi connectivity index (χ0) is 14.7. The van der Waals surface area contributed by atoms with E-state index in [4.69, 9.17) is 4.74 Å². The number of nitrogens with one attached hydrogen (secondary N) is 2. The van der Waals surface area contributed by atoms with Crippen LogP contribution in [0.4, 0.5) is 11.8 Å². The molecule has 0 aliphatic heterocycles. The van der Waals surface area contributed by atoms with Gasteiger partial charge in [-0.05, 0) is 36.8 Å². The highest BCUT2D eigenvalue weighted by molar-refractivity contribution is 5.90. The van der Waals surface area contributed by atoms with Gasteiger partial charge in [0.05, 0.1) is 5.52 Å². The number of para-hydroxylation sites is 1. The molecule has 1 aromatic carbocycles. The first-order chi connectivity index (χ1) is 10.3. The van der Waals surface area contributed by atoms with Crippen molar-refractivity contribution in [3.63, 3.8) is 0 Å². The summed E-state index contributed by atoms with van der Waals surface area (Å²) >= 11 is 0. The first-order valence-electron chi connectivity index (χ1n) is 7.44. The Kier molecular flexibility index (Phi) is 3.92. The number of anilines is 2. The number of hydrogen-bond donors (Lipinski definition) is 2. The van der Waals surface area contributed by atoms with Gasteiger partial charge in [0.1, 0.15) is 5.82 Å². The summed E-state index contributed by atoms with van der Waals surface area (Å²) in [6.07, 6.45) is 3.65. The second-order valence-electron chi connectivity index (χ2n) is 5.76. The van der Waals surface area contributed by atoms with Gasteiger partial charge in [-0.15, -0.1) is 0 Å². The fourth-order valence-electron chi connectivity index (χ4n) is 2.60. The van der Waals surface area contributed by atoms with E-state index in [2.05, 4.69) is 26.7 Å². The van der Waals surface area contributed by atoms with Gasteiger partial charge in [0.25, 0.3) is 0 Å². The van der Waals surface area contributed by atoms with Gasteiger partial charge in [-0.2, -0.15) is 4.98 Å². The lowest BCUT2D eigenvalue weighted by Gasteiger charge is -2.17. The van der Waals surface area contributed by atoms with Gasteiger partial charge in [-0.25, -0.2) is 4.98 Å². The van der Waals surface area contributed by atoms with Gasteiger partial charge in [0, 0.05) is 32.7 Å². The second-order valence-corrected chi connectivity index (χ2v) is 5.76. The Labute approximate surface area is 125 Å². The summed E-state index contributed by atoms with van der Waals surface area (Å²) in [5.74, 6) is 1.56. The van der Waals surface area contributed by atoms with E-state index >= 15 is 0 Å². The highest BCUT2D eigenvalue weighted by Gasteiger charge is 2.41. The van der Waals surface area contributed by atoms with Crippen LogP contribution in [-0.4, -0.2) is 37.3 Å². The van der Waals surface area contributed by atoms with Crippen LogP contribution in [-0.2, 0) is 4.74 Å². The summed E-state index contributed by atoms with van der Waals surface area (Å²) in [5, 5.41) is 7.62. The monoisotopic (exact) mass is 286 g/mol. The minimum atomic E-state index is 0.391. The summed E-state index contributed by atoms with van der Waals surface area (Å²) in [5.41, 5.74) is 1.35. The summed E-state index contributed by atoms with van der Waals surface area (Å²) in [7, 11) is 3.61. The SMILES string of the molecule is CNc1nc(NCC2(CCOC)CC2)c2ccccc2n1. The van der Waals surface area contributed by atoms with Gasteiger partial charge >= 0.3 is 0 Å². The molecule has 0 radical (unpaired) electrons. The van der Waals surface area contributed by atoms with Crippen molar-refractivity contribution in [3.05, 3.63) is 24.3 Å². The highest BCUT2D eigenvalue weighted by Crippen LogP contribution is 2.48. The Bertz CT molecular complexity index is 625. The molecule has 0 amide bonds. The first-order valence-corrected chi connectivity index (χ1v) is 7.44. The van der Waals surface area contributed by atoms with Crippen molar-refractivity contribution in [2.75, 3.05) is 37.9 Å². The maximum atomic E-state index is 5.21. The van der Waals surface area contributed by atoms with Crippen LogP contribution >= 0.6 is 0 Å². The number of benzene rings is 1. The van der Waals surface area contributed by atoms with Gasteiger partial charge in [-0.1, -0.05) is 12.1 Å². The molecule has 1 aliphatic carbocycles. The van der Waals surface area contributed by atoms with Crippen molar-refractivity contribution in [2.45, 2.75) is 19.3 Å². The molecule has 5 heteroatoms. The van der Waals surface area contributed by atoms with Crippen LogP contribution in [0.25, 0.3) is 10.9 Å². The van der Waals surface area contributed by atoms with Crippen LogP contribution < -0.4 is 10.6 Å². The molecule has 21 heavy (non-hydrogen) atoms. The van der Waals surface area contributed by atoms with Gasteiger partial charge < -0.3 is 15.4 Å². The maximum absolute atomic E-state index is 5.21. The Morgan fingerprint density at radius 2 is 2.05 bits per heavy atom. The molecular weight excluding hydrogens is 264 g/mol. The van der Waals surface area contributed by atoms with E-state index in [0.29, 0.717) is 11.4 Å². The molecular formula is C16H22N4O. The number of fused-ring (bicyclic) bond motifs is 1. The van der Waals surface area contributed by atoms with Crippen LogP contribution in [0, 0.1) is 5.41 Å². The van der Waals surface area contributed by atoms with E-state index < -0.39 is 0 Å². The smallest absolute Gasteiger partial charge is 0.224 e. The lowest BCUT2D eigenvalue weighted by Crippen LogP contribution is -2.18. The lowest BCUT2D eigenvalue weighted by molar-refractivity contribution is 0.175. The van der Waals surface area contributed by atoms with Gasteiger partial charge in [0.15, 0.2) is 0 Å². The summed E-state index contributed by atoms with van der Waals surface area (Å²) < 4.78 is 5.21. The molecule has 2 N–H and O–H groups in total. The average molecular weight is 286 g/mol. The van der Waals surface area contributed by atoms with Gasteiger partial charge in [0.2, 0.25) is 5.95 Å². The van der Waals surface area contributed by atoms with E-state index in [1.807, 2.05) is 25.2 Å². The van der Waals surface area contributed by atoms with Crippen LogP contribution in [0.3, 0.4) is 0 Å². The molecule has 1 fully saturated rings. The van der Waals surface area contributed by atoms with E-state index in [-0.39, 0.29) is 0 Å². The molecule has 0 atom stereocenters. The average Bonchev–Trinajstić information content (AvgIpc) is 3.30. The Morgan fingerprint density at radius 1 is 1.24 bits per heavy atom. The standard InChI is InChI=1S/C16H22N4O/c1-17-15-19-13-6-4-3-5-12(13)14(20-15)18-11-16(7-8-16)9-10-21-2/h3-6H,7-11H2,1-2H3,(H2,17,18,19,20). The number of rotatable bonds is 7. The lowest BCUT2D eigenvalue weighted by atomic mass is 10.0. The number of hydrogen-bond acceptors (Lipinski definition) is 5. The van der Waals surface area contributed by atoms with Crippen molar-refractivity contribution >= 4 is 22.7 Å². The third-order valence-corrected chi connectivity index (χ3v) is 4.25. The largest absolute Gasteiger partial charge is 0.385 e. The minimum Gasteiger partial charge on any atom is -0.385 e. The minimum absolute atomic E-state index is 0.391. The quantitative estimate of drug-likeness (QED) is 0.819. The van der Waals surface area contributed by atoms with Crippen molar-refractivity contribution < 1.29 is 4.74 Å². The number of methoxy groups -OCH3 is 1. The Balaban J connectivity index is 1.80. The first kappa shape index (κ1) is 14.1. The van der Waals surface area contributed by atoms with Crippen molar-refractivity contribution in [1.29, 1.82) is 0 Å². The van der Waals surface area contributed by atoms with Crippen molar-refractivity contribution in [2.24, 2.45) is 5.41 Å². The fraction of sp³-hybridized carbons (Fsp3) is 0.500. The maximum Gasteiger partial charge on any atom is 0.224 e. The molecule has 1 aromatic heterocycles. The number of ether oxygens (including phenoxy) is 1. The topological polar surface area (TPSA) is 59.1 Å². The highest BCUT2D eigenvalue weighted by atomic mass is 16.5. The third kappa shape index (κ3) is 3.08. The molecule has 3 rings (SSSR count). The van der Waals surface area contributed by atoms with Crippen molar-refractivity contribution in [3.8, 4) is 0 Å². The molecule has 1 aliphatic rings. The number of nitrogens with zero attached hydrogens (tertiary/aromatic N) is 2. The summed E-state index contributed by atoms with van der Waals surface area (Å²) in [4.78, 5) is 9.05. The van der Waals surface area contributed by atoms with E-state index in [1.54, 1.807) is 7.11 Å². The summed E-state index contributed by atoms with van der Waals surface area (Å²) in [6.45, 7) is 1.77. The van der Waals surface area contributed by atoms with Crippen molar-refractivity contribution in [1.82, 2.24) is 9.97 Å². The molecule has 112 valence electrons. The number of aromatic nitrogens is 2. The molecule has 1 saturated carbocycles. The zero-order valence-corrected chi connectivity index (χ0v) is 12.6. The molecule has 1 heterocycles. The summed E-state index contributed by atoms with van der Waals surface area (Å²) in [6, 6.07) is 8.10. The normalized spacial score (nSPS) is 15.9. The third-order valence-electron chi connectivity index (χ3n) is 4.25. The molecule has 0 unspecified atom stereocenters. The predicted octanol–water partition coefficient (Wildman–Crippen LogP) is 2.90. The van der Waals surface area contributed by atoms with E-state index in [1.165, 1.54) is 12.8 Å². The second kappa shape index (κ2) is 5.85. The fourth-order valence-corrected chi connectivity index (χ4v) is 2.60. The van der Waals surface area contributed by atoms with Crippen LogP contribution in [0.2, 0.25) is 0 Å². The van der Waals surface area contributed by atoms with Gasteiger partial charge in [-0.3, -0.25) is 0 Å². The molecule has 0 spiro atoms.